The molecule has 4 nitrogen and oxygen atoms in total. The molecule has 0 unspecified atom stereocenters. The lowest BCUT2D eigenvalue weighted by Gasteiger charge is -2.35. The molecule has 2 fully saturated rings. The van der Waals surface area contributed by atoms with Crippen molar-refractivity contribution in [3.8, 4) is 5.75 Å². The zero-order chi connectivity index (χ0) is 19.4. The van der Waals surface area contributed by atoms with Crippen molar-refractivity contribution in [3.63, 3.8) is 0 Å². The molecule has 0 aromatic heterocycles. The zero-order valence-corrected chi connectivity index (χ0v) is 16.4. The van der Waals surface area contributed by atoms with Gasteiger partial charge in [-0.05, 0) is 36.6 Å². The van der Waals surface area contributed by atoms with Gasteiger partial charge in [-0.1, -0.05) is 36.4 Å². The highest BCUT2D eigenvalue weighted by Crippen LogP contribution is 2.48. The summed E-state index contributed by atoms with van der Waals surface area (Å²) < 4.78 is 20.3. The number of piperidine rings is 1. The smallest absolute Gasteiger partial charge is 0.193 e. The van der Waals surface area contributed by atoms with Gasteiger partial charge in [-0.15, -0.1) is 0 Å². The van der Waals surface area contributed by atoms with Crippen LogP contribution in [0.25, 0.3) is 0 Å². The van der Waals surface area contributed by atoms with Crippen LogP contribution in [-0.2, 0) is 5.41 Å². The number of benzene rings is 2. The summed E-state index contributed by atoms with van der Waals surface area (Å²) in [5, 5.41) is 3.50. The first-order valence-corrected chi connectivity index (χ1v) is 10.1. The van der Waals surface area contributed by atoms with Gasteiger partial charge in [0.25, 0.3) is 0 Å². The number of para-hydroxylation sites is 1. The molecule has 1 saturated carbocycles. The Labute approximate surface area is 166 Å². The summed E-state index contributed by atoms with van der Waals surface area (Å²) >= 11 is 0. The van der Waals surface area contributed by atoms with Gasteiger partial charge in [0.2, 0.25) is 0 Å². The summed E-state index contributed by atoms with van der Waals surface area (Å²) in [4.78, 5) is 6.74. The number of nitrogens with one attached hydrogen (secondary N) is 1. The van der Waals surface area contributed by atoms with E-state index in [9.17, 15) is 4.39 Å². The zero-order valence-electron chi connectivity index (χ0n) is 16.4. The molecule has 5 heteroatoms. The summed E-state index contributed by atoms with van der Waals surface area (Å²) in [7, 11) is 1.82. The summed E-state index contributed by atoms with van der Waals surface area (Å²) in [6.07, 6.45) is 4.21. The van der Waals surface area contributed by atoms with Crippen molar-refractivity contribution in [3.05, 3.63) is 66.0 Å². The molecule has 1 heterocycles. The van der Waals surface area contributed by atoms with E-state index >= 15 is 0 Å². The van der Waals surface area contributed by atoms with Crippen molar-refractivity contribution < 1.29 is 9.13 Å². The van der Waals surface area contributed by atoms with Gasteiger partial charge in [-0.3, -0.25) is 4.99 Å². The number of rotatable bonds is 5. The quantitative estimate of drug-likeness (QED) is 0.629. The highest BCUT2D eigenvalue weighted by atomic mass is 19.1. The normalized spacial score (nSPS) is 19.4. The van der Waals surface area contributed by atoms with Crippen molar-refractivity contribution in [2.45, 2.75) is 37.2 Å². The van der Waals surface area contributed by atoms with Crippen LogP contribution < -0.4 is 10.1 Å². The molecule has 0 radical (unpaired) electrons. The summed E-state index contributed by atoms with van der Waals surface area (Å²) in [6, 6.07) is 17.2. The van der Waals surface area contributed by atoms with Crippen LogP contribution in [0, 0.1) is 5.82 Å². The SMILES string of the molecule is CN=C(NCC1(c2ccccc2F)CC1)N1CCC(Oc2ccccc2)CC1. The van der Waals surface area contributed by atoms with Gasteiger partial charge in [0.15, 0.2) is 5.96 Å². The van der Waals surface area contributed by atoms with Gasteiger partial charge in [0.1, 0.15) is 17.7 Å². The summed E-state index contributed by atoms with van der Waals surface area (Å²) in [5.74, 6) is 1.74. The van der Waals surface area contributed by atoms with Gasteiger partial charge in [0.05, 0.1) is 0 Å². The van der Waals surface area contributed by atoms with Crippen LogP contribution in [0.3, 0.4) is 0 Å². The molecule has 4 rings (SSSR count). The van der Waals surface area contributed by atoms with E-state index in [2.05, 4.69) is 15.2 Å². The minimum atomic E-state index is -0.101. The number of guanidine groups is 1. The molecule has 1 saturated heterocycles. The molecule has 2 aromatic rings. The van der Waals surface area contributed by atoms with E-state index in [-0.39, 0.29) is 17.3 Å². The first kappa shape index (κ1) is 18.8. The standard InChI is InChI=1S/C23H28FN3O/c1-25-22(26-17-23(13-14-23)20-9-5-6-10-21(20)24)27-15-11-19(12-16-27)28-18-7-3-2-4-8-18/h2-10,19H,11-17H2,1H3,(H,25,26). The van der Waals surface area contributed by atoms with Crippen LogP contribution >= 0.6 is 0 Å². The number of hydrogen-bond acceptors (Lipinski definition) is 2. The molecule has 0 amide bonds. The Bertz CT molecular complexity index is 812. The Morgan fingerprint density at radius 2 is 1.79 bits per heavy atom. The van der Waals surface area contributed by atoms with E-state index in [0.717, 1.165) is 62.6 Å². The van der Waals surface area contributed by atoms with Crippen LogP contribution in [0.15, 0.2) is 59.6 Å². The Morgan fingerprint density at radius 1 is 1.11 bits per heavy atom. The fourth-order valence-electron chi connectivity index (χ4n) is 4.04. The molecule has 1 N–H and O–H groups in total. The largest absolute Gasteiger partial charge is 0.490 e. The maximum Gasteiger partial charge on any atom is 0.193 e. The number of nitrogens with zero attached hydrogens (tertiary/aromatic N) is 2. The lowest BCUT2D eigenvalue weighted by molar-refractivity contribution is 0.129. The third-order valence-corrected chi connectivity index (χ3v) is 5.88. The predicted molar refractivity (Wildman–Crippen MR) is 110 cm³/mol. The van der Waals surface area contributed by atoms with E-state index in [1.807, 2.05) is 49.5 Å². The minimum absolute atomic E-state index is 0.0873. The van der Waals surface area contributed by atoms with Crippen molar-refractivity contribution >= 4 is 5.96 Å². The molecule has 0 atom stereocenters. The van der Waals surface area contributed by atoms with Gasteiger partial charge in [-0.25, -0.2) is 4.39 Å². The minimum Gasteiger partial charge on any atom is -0.490 e. The Kier molecular flexibility index (Phi) is 5.51. The predicted octanol–water partition coefficient (Wildman–Crippen LogP) is 3.98. The van der Waals surface area contributed by atoms with Gasteiger partial charge in [0, 0.05) is 44.9 Å². The maximum absolute atomic E-state index is 14.2. The molecular weight excluding hydrogens is 353 g/mol. The Morgan fingerprint density at radius 3 is 2.43 bits per heavy atom. The van der Waals surface area contributed by atoms with Gasteiger partial charge in [-0.2, -0.15) is 0 Å². The number of halogens is 1. The lowest BCUT2D eigenvalue weighted by atomic mass is 9.95. The van der Waals surface area contributed by atoms with Crippen LogP contribution in [0.2, 0.25) is 0 Å². The van der Waals surface area contributed by atoms with E-state index in [1.165, 1.54) is 0 Å². The lowest BCUT2D eigenvalue weighted by Crippen LogP contribution is -2.49. The second-order valence-electron chi connectivity index (χ2n) is 7.78. The van der Waals surface area contributed by atoms with Crippen LogP contribution in [0.5, 0.6) is 5.75 Å². The topological polar surface area (TPSA) is 36.9 Å². The molecule has 2 aliphatic rings. The average Bonchev–Trinajstić information content (AvgIpc) is 3.51. The highest BCUT2D eigenvalue weighted by Gasteiger charge is 2.46. The molecule has 1 aliphatic carbocycles. The molecule has 28 heavy (non-hydrogen) atoms. The van der Waals surface area contributed by atoms with E-state index < -0.39 is 0 Å². The number of likely N-dealkylation sites (tertiary alicyclic amines) is 1. The fraction of sp³-hybridized carbons (Fsp3) is 0.435. The number of hydrogen-bond donors (Lipinski definition) is 1. The van der Waals surface area contributed by atoms with E-state index in [1.54, 1.807) is 12.1 Å². The third kappa shape index (κ3) is 4.13. The Hall–Kier alpha value is -2.56. The van der Waals surface area contributed by atoms with Crippen molar-refractivity contribution in [1.82, 2.24) is 10.2 Å². The van der Waals surface area contributed by atoms with Crippen LogP contribution in [0.1, 0.15) is 31.2 Å². The Balaban J connectivity index is 1.30. The van der Waals surface area contributed by atoms with Crippen molar-refractivity contribution in [1.29, 1.82) is 0 Å². The number of ether oxygens (including phenoxy) is 1. The molecule has 0 bridgehead atoms. The summed E-state index contributed by atoms with van der Waals surface area (Å²) in [5.41, 5.74) is 0.740. The maximum atomic E-state index is 14.2. The first-order valence-electron chi connectivity index (χ1n) is 10.1. The van der Waals surface area contributed by atoms with Crippen molar-refractivity contribution in [2.75, 3.05) is 26.7 Å². The molecule has 1 aliphatic heterocycles. The third-order valence-electron chi connectivity index (χ3n) is 5.88. The van der Waals surface area contributed by atoms with E-state index in [0.29, 0.717) is 0 Å². The highest BCUT2D eigenvalue weighted by molar-refractivity contribution is 5.80. The van der Waals surface area contributed by atoms with Crippen LogP contribution in [0.4, 0.5) is 4.39 Å². The second kappa shape index (κ2) is 8.21. The van der Waals surface area contributed by atoms with Crippen LogP contribution in [-0.4, -0.2) is 43.6 Å². The molecule has 148 valence electrons. The molecule has 0 spiro atoms. The summed E-state index contributed by atoms with van der Waals surface area (Å²) in [6.45, 7) is 2.54. The molecule has 2 aromatic carbocycles. The molecular formula is C23H28FN3O. The fourth-order valence-corrected chi connectivity index (χ4v) is 4.04. The number of aliphatic imine (C=N–C) groups is 1. The monoisotopic (exact) mass is 381 g/mol. The van der Waals surface area contributed by atoms with Crippen molar-refractivity contribution in [2.24, 2.45) is 4.99 Å². The van der Waals surface area contributed by atoms with Gasteiger partial charge < -0.3 is 15.0 Å². The van der Waals surface area contributed by atoms with E-state index in [4.69, 9.17) is 4.74 Å². The second-order valence-corrected chi connectivity index (χ2v) is 7.78. The average molecular weight is 381 g/mol. The van der Waals surface area contributed by atoms with Gasteiger partial charge >= 0.3 is 0 Å². The first-order chi connectivity index (χ1) is 13.7.